The number of methoxy groups -OCH3 is 1. The minimum atomic E-state index is -1.35. The van der Waals surface area contributed by atoms with Gasteiger partial charge in [-0.15, -0.1) is 0 Å². The Morgan fingerprint density at radius 3 is 2.83 bits per heavy atom. The minimum Gasteiger partial charge on any atom is -0.496 e. The molecule has 2 aromatic heterocycles. The van der Waals surface area contributed by atoms with Gasteiger partial charge >= 0.3 is 0 Å². The second-order valence-electron chi connectivity index (χ2n) is 5.59. The number of benzene rings is 1. The van der Waals surface area contributed by atoms with Crippen LogP contribution in [0.4, 0.5) is 0 Å². The lowest BCUT2D eigenvalue weighted by Gasteiger charge is -2.11. The normalized spacial score (nSPS) is 12.5. The number of H-pyrrole nitrogens is 1. The number of ether oxygens (including phenoxy) is 1. The van der Waals surface area contributed by atoms with Crippen LogP contribution in [-0.4, -0.2) is 31.4 Å². The molecule has 0 bridgehead atoms. The topological polar surface area (TPSA) is 88.1 Å². The summed E-state index contributed by atoms with van der Waals surface area (Å²) in [6.07, 6.45) is 1.73. The van der Waals surface area contributed by atoms with Crippen molar-refractivity contribution >= 4 is 21.8 Å². The maximum atomic E-state index is 12.7. The van der Waals surface area contributed by atoms with Gasteiger partial charge in [-0.05, 0) is 31.5 Å². The van der Waals surface area contributed by atoms with E-state index in [1.807, 2.05) is 13.8 Å². The monoisotopic (exact) mass is 345 g/mol. The van der Waals surface area contributed by atoms with Crippen LogP contribution in [-0.2, 0) is 23.2 Å². The molecule has 3 rings (SSSR count). The highest BCUT2D eigenvalue weighted by molar-refractivity contribution is 7.84. The fourth-order valence-corrected chi connectivity index (χ4v) is 3.75. The molecule has 0 aliphatic heterocycles. The van der Waals surface area contributed by atoms with Crippen LogP contribution in [0, 0.1) is 13.8 Å². The van der Waals surface area contributed by atoms with Gasteiger partial charge < -0.3 is 14.8 Å². The third-order valence-corrected chi connectivity index (χ3v) is 5.10. The van der Waals surface area contributed by atoms with Crippen LogP contribution in [0.2, 0.25) is 0 Å². The van der Waals surface area contributed by atoms with Crippen LogP contribution in [0.25, 0.3) is 11.0 Å². The molecule has 0 saturated carbocycles. The number of imidazole rings is 1. The molecule has 0 unspecified atom stereocenters. The number of aliphatic hydroxyl groups is 1. The molecule has 7 heteroatoms. The summed E-state index contributed by atoms with van der Waals surface area (Å²) in [7, 11) is 0.269. The van der Waals surface area contributed by atoms with E-state index in [2.05, 4.69) is 15.0 Å². The standard InChI is InChI=1S/C17H19N3O3S/c1-10-7-18-15(11(2)16(10)23-3)9-24(22)17-19-13-5-4-12(8-21)6-14(13)20-17/h4-7,21H,8-9H2,1-3H3,(H,19,20)/t24-/m0/s1. The van der Waals surface area contributed by atoms with Crippen molar-refractivity contribution < 1.29 is 14.1 Å². The molecular weight excluding hydrogens is 326 g/mol. The van der Waals surface area contributed by atoms with Gasteiger partial charge in [-0.3, -0.25) is 9.19 Å². The summed E-state index contributed by atoms with van der Waals surface area (Å²) in [5.74, 6) is 1.03. The first-order chi connectivity index (χ1) is 11.5. The molecule has 0 fully saturated rings. The van der Waals surface area contributed by atoms with Gasteiger partial charge in [-0.25, -0.2) is 4.98 Å². The molecule has 0 aliphatic carbocycles. The molecule has 6 nitrogen and oxygen atoms in total. The second kappa shape index (κ2) is 6.70. The molecule has 0 aliphatic rings. The van der Waals surface area contributed by atoms with Gasteiger partial charge in [-0.2, -0.15) is 0 Å². The van der Waals surface area contributed by atoms with Gasteiger partial charge in [0.15, 0.2) is 5.16 Å². The predicted molar refractivity (Wildman–Crippen MR) is 92.4 cm³/mol. The number of aliphatic hydroxyl groups excluding tert-OH is 1. The highest BCUT2D eigenvalue weighted by Gasteiger charge is 2.16. The van der Waals surface area contributed by atoms with E-state index in [9.17, 15) is 9.32 Å². The Kier molecular flexibility index (Phi) is 4.64. The molecule has 2 N–H and O–H groups in total. The van der Waals surface area contributed by atoms with Crippen LogP contribution >= 0.6 is 0 Å². The molecule has 1 aromatic carbocycles. The Morgan fingerprint density at radius 2 is 2.12 bits per heavy atom. The summed E-state index contributed by atoms with van der Waals surface area (Å²) >= 11 is 0. The first-order valence-corrected chi connectivity index (χ1v) is 8.82. The smallest absolute Gasteiger partial charge is 0.197 e. The molecule has 0 radical (unpaired) electrons. The van der Waals surface area contributed by atoms with E-state index in [1.165, 1.54) is 0 Å². The zero-order chi connectivity index (χ0) is 17.3. The van der Waals surface area contributed by atoms with Crippen molar-refractivity contribution in [1.29, 1.82) is 0 Å². The summed E-state index contributed by atoms with van der Waals surface area (Å²) in [6, 6.07) is 5.41. The predicted octanol–water partition coefficient (Wildman–Crippen LogP) is 2.38. The van der Waals surface area contributed by atoms with Crippen LogP contribution < -0.4 is 4.74 Å². The molecule has 0 amide bonds. The Balaban J connectivity index is 1.90. The number of aromatic amines is 1. The highest BCUT2D eigenvalue weighted by atomic mass is 32.2. The van der Waals surface area contributed by atoms with Gasteiger partial charge in [0.25, 0.3) is 0 Å². The summed E-state index contributed by atoms with van der Waals surface area (Å²) in [5.41, 5.74) is 4.84. The van der Waals surface area contributed by atoms with E-state index in [0.717, 1.165) is 39.2 Å². The average molecular weight is 345 g/mol. The van der Waals surface area contributed by atoms with Crippen molar-refractivity contribution in [2.45, 2.75) is 31.4 Å². The summed E-state index contributed by atoms with van der Waals surface area (Å²) in [6.45, 7) is 3.80. The number of fused-ring (bicyclic) bond motifs is 1. The molecule has 0 saturated heterocycles. The van der Waals surface area contributed by atoms with Crippen molar-refractivity contribution in [2.75, 3.05) is 7.11 Å². The van der Waals surface area contributed by atoms with Gasteiger partial charge in [0.05, 0.1) is 47.0 Å². The van der Waals surface area contributed by atoms with Gasteiger partial charge in [0.1, 0.15) is 5.75 Å². The van der Waals surface area contributed by atoms with Crippen LogP contribution in [0.3, 0.4) is 0 Å². The fraction of sp³-hybridized carbons (Fsp3) is 0.294. The number of aryl methyl sites for hydroxylation is 1. The van der Waals surface area contributed by atoms with E-state index in [-0.39, 0.29) is 12.4 Å². The number of rotatable bonds is 5. The van der Waals surface area contributed by atoms with Gasteiger partial charge in [-0.1, -0.05) is 6.07 Å². The van der Waals surface area contributed by atoms with E-state index in [1.54, 1.807) is 31.5 Å². The lowest BCUT2D eigenvalue weighted by atomic mass is 10.1. The average Bonchev–Trinajstić information content (AvgIpc) is 3.01. The first-order valence-electron chi connectivity index (χ1n) is 7.50. The van der Waals surface area contributed by atoms with E-state index in [0.29, 0.717) is 5.16 Å². The lowest BCUT2D eigenvalue weighted by molar-refractivity contribution is 0.282. The molecule has 1 atom stereocenters. The van der Waals surface area contributed by atoms with Crippen LogP contribution in [0.1, 0.15) is 22.4 Å². The second-order valence-corrected chi connectivity index (χ2v) is 6.95. The summed E-state index contributed by atoms with van der Waals surface area (Å²) in [5, 5.41) is 9.60. The SMILES string of the molecule is COc1c(C)cnc(C[S@](=O)c2nc3ccc(CO)cc3[nH]2)c1C. The molecule has 0 spiro atoms. The number of nitrogens with zero attached hydrogens (tertiary/aromatic N) is 2. The molecule has 126 valence electrons. The van der Waals surface area contributed by atoms with Crippen molar-refractivity contribution in [3.8, 4) is 5.75 Å². The largest absolute Gasteiger partial charge is 0.496 e. The first kappa shape index (κ1) is 16.6. The molecule has 24 heavy (non-hydrogen) atoms. The van der Waals surface area contributed by atoms with Gasteiger partial charge in [0.2, 0.25) is 0 Å². The lowest BCUT2D eigenvalue weighted by Crippen LogP contribution is -2.05. The number of hydrogen-bond acceptors (Lipinski definition) is 5. The zero-order valence-corrected chi connectivity index (χ0v) is 14.6. The number of aromatic nitrogens is 3. The van der Waals surface area contributed by atoms with Crippen LogP contribution in [0.5, 0.6) is 5.75 Å². The summed E-state index contributed by atoms with van der Waals surface area (Å²) in [4.78, 5) is 11.8. The number of nitrogens with one attached hydrogen (secondary N) is 1. The summed E-state index contributed by atoms with van der Waals surface area (Å²) < 4.78 is 18.1. The Hall–Kier alpha value is -2.25. The third-order valence-electron chi connectivity index (χ3n) is 3.94. The van der Waals surface area contributed by atoms with Crippen molar-refractivity contribution in [3.05, 3.63) is 46.8 Å². The van der Waals surface area contributed by atoms with Crippen molar-refractivity contribution in [3.63, 3.8) is 0 Å². The molecule has 3 aromatic rings. The highest BCUT2D eigenvalue weighted by Crippen LogP contribution is 2.25. The van der Waals surface area contributed by atoms with Gasteiger partial charge in [0, 0.05) is 17.3 Å². The van der Waals surface area contributed by atoms with Crippen molar-refractivity contribution in [2.24, 2.45) is 0 Å². The minimum absolute atomic E-state index is 0.0420. The Labute approximate surface area is 142 Å². The van der Waals surface area contributed by atoms with E-state index < -0.39 is 10.8 Å². The number of hydrogen-bond donors (Lipinski definition) is 2. The quantitative estimate of drug-likeness (QED) is 0.741. The third kappa shape index (κ3) is 3.05. The maximum Gasteiger partial charge on any atom is 0.197 e. The Bertz CT molecular complexity index is 921. The zero-order valence-electron chi connectivity index (χ0n) is 13.8. The fourth-order valence-electron chi connectivity index (χ4n) is 2.65. The Morgan fingerprint density at radius 1 is 1.33 bits per heavy atom. The maximum absolute atomic E-state index is 12.7. The number of pyridine rings is 1. The van der Waals surface area contributed by atoms with E-state index >= 15 is 0 Å². The molecular formula is C17H19N3O3S. The van der Waals surface area contributed by atoms with Crippen LogP contribution in [0.15, 0.2) is 29.6 Å². The van der Waals surface area contributed by atoms with Crippen molar-refractivity contribution in [1.82, 2.24) is 15.0 Å². The molecule has 2 heterocycles. The van der Waals surface area contributed by atoms with E-state index in [4.69, 9.17) is 4.74 Å².